The van der Waals surface area contributed by atoms with Gasteiger partial charge in [-0.3, -0.25) is 0 Å². The first-order chi connectivity index (χ1) is 11.7. The van der Waals surface area contributed by atoms with Crippen LogP contribution in [-0.4, -0.2) is 55.7 Å². The molecule has 2 rings (SSSR count). The summed E-state index contributed by atoms with van der Waals surface area (Å²) < 4.78 is 37.1. The first-order valence-corrected chi connectivity index (χ1v) is 11.2. The Kier molecular flexibility index (Phi) is 6.37. The van der Waals surface area contributed by atoms with Crippen molar-refractivity contribution in [2.45, 2.75) is 37.0 Å². The van der Waals surface area contributed by atoms with Gasteiger partial charge in [-0.25, -0.2) is 17.8 Å². The van der Waals surface area contributed by atoms with Crippen molar-refractivity contribution in [3.8, 4) is 0 Å². The Balaban J connectivity index is 2.24. The fourth-order valence-corrected chi connectivity index (χ4v) is 4.74. The van der Waals surface area contributed by atoms with Gasteiger partial charge in [-0.2, -0.15) is 0 Å². The number of hydrogen-bond donors (Lipinski definition) is 1. The molecule has 0 unspecified atom stereocenters. The van der Waals surface area contributed by atoms with Gasteiger partial charge >= 0.3 is 0 Å². The molecule has 0 amide bonds. The number of aliphatic imine (C=N–C) groups is 1. The summed E-state index contributed by atoms with van der Waals surface area (Å²) in [6.45, 7) is 7.29. The Bertz CT molecular complexity index is 748. The number of nitrogens with one attached hydrogen (secondary N) is 1. The molecule has 140 valence electrons. The minimum Gasteiger partial charge on any atom is -0.357 e. The van der Waals surface area contributed by atoms with E-state index in [9.17, 15) is 12.8 Å². The van der Waals surface area contributed by atoms with Crippen LogP contribution in [0, 0.1) is 5.82 Å². The summed E-state index contributed by atoms with van der Waals surface area (Å²) in [5.41, 5.74) is 0.826. The highest BCUT2D eigenvalue weighted by Gasteiger charge is 2.40. The van der Waals surface area contributed by atoms with Crippen LogP contribution in [0.25, 0.3) is 0 Å². The Morgan fingerprint density at radius 2 is 2.16 bits per heavy atom. The topological polar surface area (TPSA) is 61.8 Å². The number of rotatable bonds is 4. The van der Waals surface area contributed by atoms with E-state index in [2.05, 4.69) is 10.3 Å². The highest BCUT2D eigenvalue weighted by atomic mass is 32.2. The summed E-state index contributed by atoms with van der Waals surface area (Å²) in [6, 6.07) is 4.71. The molecule has 1 heterocycles. The zero-order chi connectivity index (χ0) is 18.7. The monoisotopic (exact) mass is 387 g/mol. The normalized spacial score (nSPS) is 19.7. The Morgan fingerprint density at radius 3 is 2.76 bits per heavy atom. The van der Waals surface area contributed by atoms with Gasteiger partial charge in [-0.05, 0) is 50.8 Å². The van der Waals surface area contributed by atoms with Crippen LogP contribution in [0.3, 0.4) is 0 Å². The molecule has 1 aromatic rings. The van der Waals surface area contributed by atoms with E-state index in [1.807, 2.05) is 18.1 Å². The largest absolute Gasteiger partial charge is 0.357 e. The number of hydrogen-bond acceptors (Lipinski definition) is 4. The molecule has 8 heteroatoms. The molecule has 0 aliphatic carbocycles. The lowest BCUT2D eigenvalue weighted by Gasteiger charge is -2.39. The lowest BCUT2D eigenvalue weighted by atomic mass is 10.2. The van der Waals surface area contributed by atoms with Gasteiger partial charge in [0.05, 0.1) is 17.0 Å². The first-order valence-electron chi connectivity index (χ1n) is 8.28. The van der Waals surface area contributed by atoms with Crippen molar-refractivity contribution in [2.24, 2.45) is 4.99 Å². The van der Waals surface area contributed by atoms with Crippen LogP contribution < -0.4 is 5.32 Å². The van der Waals surface area contributed by atoms with Crippen molar-refractivity contribution in [1.82, 2.24) is 10.2 Å². The van der Waals surface area contributed by atoms with Gasteiger partial charge in [0.2, 0.25) is 0 Å². The third-order valence-electron chi connectivity index (χ3n) is 4.32. The number of nitrogens with zero attached hydrogens (tertiary/aromatic N) is 2. The molecule has 0 bridgehead atoms. The lowest BCUT2D eigenvalue weighted by Crippen LogP contribution is -2.57. The van der Waals surface area contributed by atoms with Crippen LogP contribution in [0.15, 0.2) is 28.1 Å². The maximum atomic E-state index is 13.5. The molecule has 1 aliphatic rings. The molecule has 25 heavy (non-hydrogen) atoms. The maximum absolute atomic E-state index is 13.5. The van der Waals surface area contributed by atoms with Gasteiger partial charge in [-0.15, -0.1) is 11.8 Å². The van der Waals surface area contributed by atoms with E-state index in [1.165, 1.54) is 12.1 Å². The van der Waals surface area contributed by atoms with Crippen LogP contribution in [-0.2, 0) is 16.4 Å². The van der Waals surface area contributed by atoms with E-state index in [0.717, 1.165) is 10.5 Å². The third kappa shape index (κ3) is 4.67. The smallest absolute Gasteiger partial charge is 0.194 e. The van der Waals surface area contributed by atoms with Gasteiger partial charge in [0.1, 0.15) is 5.82 Å². The third-order valence-corrected chi connectivity index (χ3v) is 7.69. The van der Waals surface area contributed by atoms with Crippen LogP contribution >= 0.6 is 11.8 Å². The number of thioether (sulfide) groups is 1. The Labute approximate surface area is 154 Å². The molecule has 5 nitrogen and oxygen atoms in total. The van der Waals surface area contributed by atoms with Crippen molar-refractivity contribution in [1.29, 1.82) is 0 Å². The molecule has 0 radical (unpaired) electrons. The molecular weight excluding hydrogens is 361 g/mol. The predicted octanol–water partition coefficient (Wildman–Crippen LogP) is 2.52. The molecule has 0 aromatic heterocycles. The van der Waals surface area contributed by atoms with Crippen LogP contribution in [0.4, 0.5) is 4.39 Å². The number of benzene rings is 1. The minimum atomic E-state index is -3.10. The van der Waals surface area contributed by atoms with E-state index in [0.29, 0.717) is 32.1 Å². The van der Waals surface area contributed by atoms with Crippen molar-refractivity contribution in [3.63, 3.8) is 0 Å². The molecule has 1 fully saturated rings. The van der Waals surface area contributed by atoms with E-state index in [-0.39, 0.29) is 11.6 Å². The molecule has 1 saturated heterocycles. The van der Waals surface area contributed by atoms with Gasteiger partial charge in [-0.1, -0.05) is 0 Å². The molecule has 1 aromatic carbocycles. The van der Waals surface area contributed by atoms with Crippen molar-refractivity contribution in [2.75, 3.05) is 31.6 Å². The summed E-state index contributed by atoms with van der Waals surface area (Å²) in [5, 5.41) is 3.22. The first kappa shape index (κ1) is 20.0. The quantitative estimate of drug-likeness (QED) is 0.489. The molecule has 0 spiro atoms. The number of guanidine groups is 1. The Morgan fingerprint density at radius 1 is 1.44 bits per heavy atom. The standard InChI is InChI=1S/C17H26FN3O2S2/c1-5-19-16(21-8-9-25(22,23)17(2,3)12-21)20-11-13-10-14(18)6-7-15(13)24-4/h6-7,10H,5,8-9,11-12H2,1-4H3,(H,19,20). The molecule has 1 N–H and O–H groups in total. The van der Waals surface area contributed by atoms with Crippen molar-refractivity contribution >= 4 is 27.6 Å². The van der Waals surface area contributed by atoms with Gasteiger partial charge in [0.25, 0.3) is 0 Å². The lowest BCUT2D eigenvalue weighted by molar-refractivity contribution is 0.353. The fourth-order valence-electron chi connectivity index (χ4n) is 2.78. The van der Waals surface area contributed by atoms with E-state index < -0.39 is 14.6 Å². The van der Waals surface area contributed by atoms with E-state index in [4.69, 9.17) is 0 Å². The maximum Gasteiger partial charge on any atom is 0.194 e. The zero-order valence-electron chi connectivity index (χ0n) is 15.2. The average molecular weight is 388 g/mol. The molecular formula is C17H26FN3O2S2. The van der Waals surface area contributed by atoms with Gasteiger partial charge in [0, 0.05) is 24.5 Å². The zero-order valence-corrected chi connectivity index (χ0v) is 16.8. The summed E-state index contributed by atoms with van der Waals surface area (Å²) >= 11 is 1.55. The summed E-state index contributed by atoms with van der Waals surface area (Å²) in [4.78, 5) is 7.59. The van der Waals surface area contributed by atoms with Gasteiger partial charge < -0.3 is 10.2 Å². The average Bonchev–Trinajstić information content (AvgIpc) is 2.54. The fraction of sp³-hybridized carbons (Fsp3) is 0.588. The minimum absolute atomic E-state index is 0.112. The second-order valence-corrected chi connectivity index (χ2v) is 10.2. The van der Waals surface area contributed by atoms with Crippen molar-refractivity contribution in [3.05, 3.63) is 29.6 Å². The summed E-state index contributed by atoms with van der Waals surface area (Å²) in [6.07, 6.45) is 1.95. The number of halogens is 1. The van der Waals surface area contributed by atoms with E-state index >= 15 is 0 Å². The summed E-state index contributed by atoms with van der Waals surface area (Å²) in [5.74, 6) is 0.500. The van der Waals surface area contributed by atoms with Gasteiger partial charge in [0.15, 0.2) is 15.8 Å². The molecule has 1 aliphatic heterocycles. The second kappa shape index (κ2) is 7.95. The predicted molar refractivity (Wildman–Crippen MR) is 102 cm³/mol. The SMILES string of the molecule is CCNC(=NCc1cc(F)ccc1SC)N1CCS(=O)(=O)C(C)(C)C1. The van der Waals surface area contributed by atoms with Crippen LogP contribution in [0.5, 0.6) is 0 Å². The van der Waals surface area contributed by atoms with E-state index in [1.54, 1.807) is 31.7 Å². The molecule has 0 atom stereocenters. The molecule has 0 saturated carbocycles. The summed E-state index contributed by atoms with van der Waals surface area (Å²) in [7, 11) is -3.10. The van der Waals surface area contributed by atoms with Crippen molar-refractivity contribution < 1.29 is 12.8 Å². The highest BCUT2D eigenvalue weighted by molar-refractivity contribution is 7.98. The van der Waals surface area contributed by atoms with Crippen LogP contribution in [0.2, 0.25) is 0 Å². The highest BCUT2D eigenvalue weighted by Crippen LogP contribution is 2.25. The second-order valence-electron chi connectivity index (χ2n) is 6.63. The number of sulfone groups is 1. The van der Waals surface area contributed by atoms with Crippen LogP contribution in [0.1, 0.15) is 26.3 Å². The Hall–Kier alpha value is -1.28.